The third kappa shape index (κ3) is 4.30. The summed E-state index contributed by atoms with van der Waals surface area (Å²) in [5.41, 5.74) is 5.50. The molecule has 9 heteroatoms. The molecule has 4 heterocycles. The number of rotatable bonds is 5. The highest BCUT2D eigenvalue weighted by molar-refractivity contribution is 5.93. The van der Waals surface area contributed by atoms with Gasteiger partial charge in [0, 0.05) is 54.6 Å². The summed E-state index contributed by atoms with van der Waals surface area (Å²) in [4.78, 5) is 32.2. The Balaban J connectivity index is 1.14. The van der Waals surface area contributed by atoms with Crippen LogP contribution in [0.3, 0.4) is 0 Å². The minimum absolute atomic E-state index is 0.0221. The van der Waals surface area contributed by atoms with Crippen molar-refractivity contribution in [3.05, 3.63) is 46.9 Å². The van der Waals surface area contributed by atoms with E-state index in [1.807, 2.05) is 42.3 Å². The number of nitrogens with zero attached hydrogens (tertiary/aromatic N) is 4. The lowest BCUT2D eigenvalue weighted by molar-refractivity contribution is -0.134. The van der Waals surface area contributed by atoms with Gasteiger partial charge in [0.1, 0.15) is 0 Å². The number of hydrogen-bond donors (Lipinski definition) is 1. The standard InChI is InChI=1S/C25H29N5O4/c1-15-12-23-26-16(2)20(17(3)30(23)28-15)5-7-24(31)29-10-8-18(9-11-29)25(32)27-19-4-6-21-22(13-19)34-14-33-21/h4,6,12-13,18H,5,7-11,14H2,1-3H3,(H,27,32). The highest BCUT2D eigenvalue weighted by Gasteiger charge is 2.28. The van der Waals surface area contributed by atoms with Gasteiger partial charge in [-0.1, -0.05) is 0 Å². The van der Waals surface area contributed by atoms with E-state index in [9.17, 15) is 9.59 Å². The van der Waals surface area contributed by atoms with E-state index in [2.05, 4.69) is 15.4 Å². The predicted octanol–water partition coefficient (Wildman–Crippen LogP) is 3.19. The average molecular weight is 464 g/mol. The van der Waals surface area contributed by atoms with Crippen LogP contribution in [0.25, 0.3) is 5.65 Å². The fourth-order valence-electron chi connectivity index (χ4n) is 4.80. The lowest BCUT2D eigenvalue weighted by Crippen LogP contribution is -2.41. The molecule has 0 spiro atoms. The van der Waals surface area contributed by atoms with Crippen LogP contribution < -0.4 is 14.8 Å². The molecule has 1 saturated heterocycles. The van der Waals surface area contributed by atoms with E-state index in [0.717, 1.165) is 28.3 Å². The van der Waals surface area contributed by atoms with Crippen LogP contribution in [0, 0.1) is 26.7 Å². The molecule has 1 N–H and O–H groups in total. The number of anilines is 1. The molecule has 0 aliphatic carbocycles. The first-order valence-electron chi connectivity index (χ1n) is 11.7. The van der Waals surface area contributed by atoms with Crippen molar-refractivity contribution < 1.29 is 19.1 Å². The molecule has 0 radical (unpaired) electrons. The molecule has 2 aliphatic rings. The van der Waals surface area contributed by atoms with E-state index >= 15 is 0 Å². The summed E-state index contributed by atoms with van der Waals surface area (Å²) in [6, 6.07) is 7.34. The Hall–Kier alpha value is -3.62. The van der Waals surface area contributed by atoms with Gasteiger partial charge in [0.05, 0.1) is 5.69 Å². The first-order chi connectivity index (χ1) is 16.4. The van der Waals surface area contributed by atoms with Gasteiger partial charge < -0.3 is 19.7 Å². The number of benzene rings is 1. The Morgan fingerprint density at radius 1 is 1.09 bits per heavy atom. The largest absolute Gasteiger partial charge is 0.454 e. The third-order valence-corrected chi connectivity index (χ3v) is 6.73. The number of carbonyl (C=O) groups excluding carboxylic acids is 2. The Bertz CT molecular complexity index is 1260. The molecule has 0 bridgehead atoms. The molecule has 1 fully saturated rings. The molecule has 2 aromatic heterocycles. The zero-order valence-corrected chi connectivity index (χ0v) is 19.8. The molecular formula is C25H29N5O4. The molecule has 2 aliphatic heterocycles. The quantitative estimate of drug-likeness (QED) is 0.624. The summed E-state index contributed by atoms with van der Waals surface area (Å²) in [5, 5.41) is 7.48. The van der Waals surface area contributed by atoms with Crippen LogP contribution in [0.5, 0.6) is 11.5 Å². The van der Waals surface area contributed by atoms with E-state index in [1.165, 1.54) is 0 Å². The van der Waals surface area contributed by atoms with Crippen LogP contribution in [0.15, 0.2) is 24.3 Å². The average Bonchev–Trinajstić information content (AvgIpc) is 3.44. The van der Waals surface area contributed by atoms with Crippen molar-refractivity contribution in [2.75, 3.05) is 25.2 Å². The van der Waals surface area contributed by atoms with E-state index in [0.29, 0.717) is 56.0 Å². The number of nitrogens with one attached hydrogen (secondary N) is 1. The molecule has 3 aromatic rings. The number of likely N-dealkylation sites (tertiary alicyclic amines) is 1. The van der Waals surface area contributed by atoms with Crippen LogP contribution in [-0.2, 0) is 16.0 Å². The lowest BCUT2D eigenvalue weighted by Gasteiger charge is -2.31. The van der Waals surface area contributed by atoms with E-state index in [1.54, 1.807) is 12.1 Å². The maximum absolute atomic E-state index is 12.9. The van der Waals surface area contributed by atoms with Crippen molar-refractivity contribution >= 4 is 23.1 Å². The van der Waals surface area contributed by atoms with Gasteiger partial charge in [0.15, 0.2) is 17.1 Å². The molecule has 5 rings (SSSR count). The van der Waals surface area contributed by atoms with Crippen molar-refractivity contribution in [1.29, 1.82) is 0 Å². The highest BCUT2D eigenvalue weighted by Crippen LogP contribution is 2.34. The van der Waals surface area contributed by atoms with Gasteiger partial charge in [0.2, 0.25) is 18.6 Å². The molecule has 0 unspecified atom stereocenters. The van der Waals surface area contributed by atoms with Crippen molar-refractivity contribution in [1.82, 2.24) is 19.5 Å². The summed E-state index contributed by atoms with van der Waals surface area (Å²) in [7, 11) is 0. The Kier molecular flexibility index (Phi) is 5.85. The predicted molar refractivity (Wildman–Crippen MR) is 126 cm³/mol. The number of carbonyl (C=O) groups is 2. The van der Waals surface area contributed by atoms with E-state index < -0.39 is 0 Å². The minimum Gasteiger partial charge on any atom is -0.454 e. The van der Waals surface area contributed by atoms with Crippen LogP contribution >= 0.6 is 0 Å². The Labute approximate surface area is 198 Å². The molecule has 178 valence electrons. The number of aryl methyl sites for hydroxylation is 3. The fourth-order valence-corrected chi connectivity index (χ4v) is 4.80. The zero-order valence-electron chi connectivity index (χ0n) is 19.8. The molecule has 34 heavy (non-hydrogen) atoms. The molecule has 0 atom stereocenters. The molecule has 0 saturated carbocycles. The minimum atomic E-state index is -0.117. The summed E-state index contributed by atoms with van der Waals surface area (Å²) in [6.45, 7) is 7.34. The first kappa shape index (κ1) is 22.2. The number of amides is 2. The zero-order chi connectivity index (χ0) is 23.8. The Morgan fingerprint density at radius 3 is 2.65 bits per heavy atom. The summed E-state index contributed by atoms with van der Waals surface area (Å²) in [6.07, 6.45) is 2.35. The summed E-state index contributed by atoms with van der Waals surface area (Å²) < 4.78 is 12.5. The van der Waals surface area contributed by atoms with E-state index in [-0.39, 0.29) is 24.5 Å². The molecule has 9 nitrogen and oxygen atoms in total. The number of piperidine rings is 1. The summed E-state index contributed by atoms with van der Waals surface area (Å²) in [5.74, 6) is 1.30. The lowest BCUT2D eigenvalue weighted by atomic mass is 9.95. The topological polar surface area (TPSA) is 98.1 Å². The van der Waals surface area contributed by atoms with E-state index in [4.69, 9.17) is 9.47 Å². The molecular weight excluding hydrogens is 434 g/mol. The maximum Gasteiger partial charge on any atom is 0.231 e. The molecule has 1 aromatic carbocycles. The van der Waals surface area contributed by atoms with Gasteiger partial charge >= 0.3 is 0 Å². The second-order valence-electron chi connectivity index (χ2n) is 9.03. The van der Waals surface area contributed by atoms with Crippen molar-refractivity contribution in [3.8, 4) is 11.5 Å². The normalized spacial score (nSPS) is 15.7. The van der Waals surface area contributed by atoms with Gasteiger partial charge in [-0.2, -0.15) is 5.10 Å². The van der Waals surface area contributed by atoms with Crippen LogP contribution in [0.4, 0.5) is 5.69 Å². The van der Waals surface area contributed by atoms with Crippen LogP contribution in [-0.4, -0.2) is 51.2 Å². The van der Waals surface area contributed by atoms with Gasteiger partial charge in [0.25, 0.3) is 0 Å². The SMILES string of the molecule is Cc1cc2nc(C)c(CCC(=O)N3CCC(C(=O)Nc4ccc5c(c4)OCO5)CC3)c(C)n2n1. The van der Waals surface area contributed by atoms with Crippen molar-refractivity contribution in [2.24, 2.45) is 5.92 Å². The number of fused-ring (bicyclic) bond motifs is 2. The van der Waals surface area contributed by atoms with Crippen molar-refractivity contribution in [2.45, 2.75) is 46.5 Å². The van der Waals surface area contributed by atoms with Gasteiger partial charge in [-0.15, -0.1) is 0 Å². The number of ether oxygens (including phenoxy) is 2. The first-order valence-corrected chi connectivity index (χ1v) is 11.7. The highest BCUT2D eigenvalue weighted by atomic mass is 16.7. The second kappa shape index (κ2) is 8.96. The van der Waals surface area contributed by atoms with Crippen LogP contribution in [0.2, 0.25) is 0 Å². The van der Waals surface area contributed by atoms with Gasteiger partial charge in [-0.3, -0.25) is 9.59 Å². The molecule has 2 amide bonds. The smallest absolute Gasteiger partial charge is 0.231 e. The van der Waals surface area contributed by atoms with Crippen LogP contribution in [0.1, 0.15) is 41.9 Å². The van der Waals surface area contributed by atoms with Gasteiger partial charge in [-0.25, -0.2) is 9.50 Å². The Morgan fingerprint density at radius 2 is 1.85 bits per heavy atom. The summed E-state index contributed by atoms with van der Waals surface area (Å²) >= 11 is 0. The number of hydrogen-bond acceptors (Lipinski definition) is 6. The van der Waals surface area contributed by atoms with Crippen molar-refractivity contribution in [3.63, 3.8) is 0 Å². The number of aromatic nitrogens is 3. The second-order valence-corrected chi connectivity index (χ2v) is 9.03. The maximum atomic E-state index is 12.9. The third-order valence-electron chi connectivity index (χ3n) is 6.73. The monoisotopic (exact) mass is 463 g/mol. The fraction of sp³-hybridized carbons (Fsp3) is 0.440. The van der Waals surface area contributed by atoms with Gasteiger partial charge in [-0.05, 0) is 57.7 Å².